The molecule has 0 aliphatic heterocycles. The van der Waals surface area contributed by atoms with E-state index in [0.717, 1.165) is 45.1 Å². The van der Waals surface area contributed by atoms with E-state index in [1.54, 1.807) is 0 Å². The van der Waals surface area contributed by atoms with Gasteiger partial charge in [-0.3, -0.25) is 0 Å². The standard InChI is InChI=1S/C20H45O3P.C12H27N/c1-3-5-7-9-11-13-15-17-19-24(21,22,23)20-18-16-14-12-10-8-6-4-2;1-2-3-4-5-6-7-8-9-10-11-12-13/h21-23H,3-20H2,1-2H3;2-13H2,1H3. The van der Waals surface area contributed by atoms with Crippen LogP contribution in [0.4, 0.5) is 0 Å². The molecule has 0 saturated heterocycles. The Kier molecular flexibility index (Phi) is 31.2. The van der Waals surface area contributed by atoms with Gasteiger partial charge in [0, 0.05) is 0 Å². The van der Waals surface area contributed by atoms with Crippen molar-refractivity contribution < 1.29 is 14.7 Å². The molecule has 0 spiro atoms. The Hall–Kier alpha value is 0.270. The van der Waals surface area contributed by atoms with E-state index in [4.69, 9.17) is 5.73 Å². The first-order chi connectivity index (χ1) is 17.8. The molecule has 5 N–H and O–H groups in total. The Morgan fingerprint density at radius 3 is 0.811 bits per heavy atom. The van der Waals surface area contributed by atoms with Crippen LogP contribution in [0.2, 0.25) is 0 Å². The van der Waals surface area contributed by atoms with Gasteiger partial charge in [0.2, 0.25) is 0 Å². The topological polar surface area (TPSA) is 86.7 Å². The van der Waals surface area contributed by atoms with Crippen LogP contribution in [0, 0.1) is 0 Å². The van der Waals surface area contributed by atoms with Crippen molar-refractivity contribution in [3.8, 4) is 0 Å². The summed E-state index contributed by atoms with van der Waals surface area (Å²) >= 11 is 0. The van der Waals surface area contributed by atoms with Crippen molar-refractivity contribution in [1.29, 1.82) is 0 Å². The first-order valence-electron chi connectivity index (χ1n) is 16.8. The molecule has 0 radical (unpaired) electrons. The van der Waals surface area contributed by atoms with E-state index in [1.807, 2.05) is 0 Å². The summed E-state index contributed by atoms with van der Waals surface area (Å²) in [4.78, 5) is 30.5. The van der Waals surface area contributed by atoms with Gasteiger partial charge in [-0.15, -0.1) is 0 Å². The van der Waals surface area contributed by atoms with Crippen LogP contribution in [-0.2, 0) is 0 Å². The van der Waals surface area contributed by atoms with Crippen molar-refractivity contribution in [3.63, 3.8) is 0 Å². The summed E-state index contributed by atoms with van der Waals surface area (Å²) in [5, 5.41) is 0. The molecule has 0 aromatic carbocycles. The fourth-order valence-electron chi connectivity index (χ4n) is 4.88. The van der Waals surface area contributed by atoms with Crippen molar-refractivity contribution in [2.75, 3.05) is 18.9 Å². The third-order valence-corrected chi connectivity index (χ3v) is 9.96. The van der Waals surface area contributed by atoms with Crippen LogP contribution in [0.25, 0.3) is 0 Å². The quantitative estimate of drug-likeness (QED) is 0.0577. The summed E-state index contributed by atoms with van der Waals surface area (Å²) in [7, 11) is -4.34. The molecule has 228 valence electrons. The predicted octanol–water partition coefficient (Wildman–Crippen LogP) is 10.4. The summed E-state index contributed by atoms with van der Waals surface area (Å²) < 4.78 is 0. The van der Waals surface area contributed by atoms with Gasteiger partial charge in [0.1, 0.15) is 0 Å². The van der Waals surface area contributed by atoms with Crippen LogP contribution in [0.3, 0.4) is 0 Å². The second-order valence-electron chi connectivity index (χ2n) is 11.7. The zero-order valence-electron chi connectivity index (χ0n) is 25.9. The van der Waals surface area contributed by atoms with Gasteiger partial charge in [-0.25, -0.2) is 0 Å². The Morgan fingerprint density at radius 1 is 0.351 bits per heavy atom. The third-order valence-electron chi connectivity index (χ3n) is 7.50. The number of rotatable bonds is 28. The average molecular weight is 550 g/mol. The van der Waals surface area contributed by atoms with Crippen LogP contribution in [0.15, 0.2) is 0 Å². The average Bonchev–Trinajstić information content (AvgIpc) is 2.86. The molecule has 0 amide bonds. The third kappa shape index (κ3) is 36.3. The van der Waals surface area contributed by atoms with E-state index in [1.165, 1.54) is 128 Å². The fourth-order valence-corrected chi connectivity index (χ4v) is 6.85. The molecule has 0 aromatic heterocycles. The summed E-state index contributed by atoms with van der Waals surface area (Å²) in [5.41, 5.74) is 5.42. The van der Waals surface area contributed by atoms with Gasteiger partial charge in [-0.1, -0.05) is 64.7 Å². The van der Waals surface area contributed by atoms with E-state index >= 15 is 0 Å². The molecule has 0 fully saturated rings. The molecule has 37 heavy (non-hydrogen) atoms. The fraction of sp³-hybridized carbons (Fsp3) is 1.00. The van der Waals surface area contributed by atoms with Gasteiger partial charge in [-0.05, 0) is 13.0 Å². The molecule has 0 unspecified atom stereocenters. The Balaban J connectivity index is 0. The molecular weight excluding hydrogens is 477 g/mol. The van der Waals surface area contributed by atoms with E-state index in [-0.39, 0.29) is 12.3 Å². The Morgan fingerprint density at radius 2 is 0.568 bits per heavy atom. The van der Waals surface area contributed by atoms with E-state index in [2.05, 4.69) is 20.8 Å². The summed E-state index contributed by atoms with van der Waals surface area (Å²) in [6.45, 7) is 7.59. The van der Waals surface area contributed by atoms with Gasteiger partial charge >= 0.3 is 151 Å². The van der Waals surface area contributed by atoms with Gasteiger partial charge in [0.05, 0.1) is 0 Å². The molecule has 0 rings (SSSR count). The zero-order valence-corrected chi connectivity index (χ0v) is 26.8. The molecule has 4 nitrogen and oxygen atoms in total. The van der Waals surface area contributed by atoms with Crippen LogP contribution in [0.1, 0.15) is 188 Å². The molecular formula is C32H72NO3P. The van der Waals surface area contributed by atoms with E-state index in [0.29, 0.717) is 0 Å². The van der Waals surface area contributed by atoms with E-state index in [9.17, 15) is 14.7 Å². The predicted molar refractivity (Wildman–Crippen MR) is 169 cm³/mol. The maximum atomic E-state index is 10.2. The number of nitrogens with two attached hydrogens (primary N) is 1. The molecule has 0 bridgehead atoms. The zero-order chi connectivity index (χ0) is 28.0. The number of hydrogen-bond donors (Lipinski definition) is 4. The first kappa shape index (κ1) is 39.4. The van der Waals surface area contributed by atoms with Gasteiger partial charge in [0.25, 0.3) is 0 Å². The second kappa shape index (κ2) is 29.3. The normalized spacial score (nSPS) is 12.7. The Labute approximate surface area is 234 Å². The molecule has 0 heterocycles. The SMILES string of the molecule is CCCCCCCCCCCCN.CCCCCCCCCCP(O)(O)(O)CCCCCCCCCC. The summed E-state index contributed by atoms with van der Waals surface area (Å²) in [6, 6.07) is 0. The summed E-state index contributed by atoms with van der Waals surface area (Å²) in [6.07, 6.45) is 33.0. The molecule has 0 saturated carbocycles. The maximum absolute atomic E-state index is 10.2. The van der Waals surface area contributed by atoms with Crippen molar-refractivity contribution >= 4 is 7.28 Å². The van der Waals surface area contributed by atoms with Crippen LogP contribution in [-0.4, -0.2) is 33.5 Å². The van der Waals surface area contributed by atoms with E-state index < -0.39 is 7.28 Å². The van der Waals surface area contributed by atoms with Crippen molar-refractivity contribution in [3.05, 3.63) is 0 Å². The number of unbranched alkanes of at least 4 members (excludes halogenated alkanes) is 23. The van der Waals surface area contributed by atoms with Gasteiger partial charge in [0.15, 0.2) is 0 Å². The first-order valence-corrected chi connectivity index (χ1v) is 19.2. The second-order valence-corrected chi connectivity index (χ2v) is 15.3. The minimum atomic E-state index is -4.34. The molecule has 5 heteroatoms. The van der Waals surface area contributed by atoms with Crippen molar-refractivity contribution in [1.82, 2.24) is 0 Å². The van der Waals surface area contributed by atoms with Crippen LogP contribution in [0.5, 0.6) is 0 Å². The molecule has 0 aliphatic carbocycles. The van der Waals surface area contributed by atoms with Crippen LogP contribution < -0.4 is 5.73 Å². The van der Waals surface area contributed by atoms with Crippen molar-refractivity contribution in [2.45, 2.75) is 188 Å². The Bertz CT molecular complexity index is 392. The molecule has 0 aliphatic rings. The van der Waals surface area contributed by atoms with Gasteiger partial charge < -0.3 is 5.73 Å². The minimum absolute atomic E-state index is 0.205. The van der Waals surface area contributed by atoms with Crippen molar-refractivity contribution in [2.24, 2.45) is 5.73 Å². The van der Waals surface area contributed by atoms with Gasteiger partial charge in [-0.2, -0.15) is 0 Å². The number of hydrogen-bond acceptors (Lipinski definition) is 4. The van der Waals surface area contributed by atoms with Crippen LogP contribution >= 0.6 is 7.28 Å². The summed E-state index contributed by atoms with van der Waals surface area (Å²) in [5.74, 6) is 0. The molecule has 0 aromatic rings. The molecule has 0 atom stereocenters. The monoisotopic (exact) mass is 550 g/mol.